The molecule has 0 amide bonds. The Kier molecular flexibility index (Phi) is 4.93. The van der Waals surface area contributed by atoms with Gasteiger partial charge in [-0.05, 0) is 29.8 Å². The molecule has 1 unspecified atom stereocenters. The highest BCUT2D eigenvalue weighted by Crippen LogP contribution is 2.41. The predicted octanol–water partition coefficient (Wildman–Crippen LogP) is 3.21. The molecule has 1 aromatic heterocycles. The fraction of sp³-hybridized carbons (Fsp3) is 0.118. The smallest absolute Gasteiger partial charge is 0.473 e. The molecule has 0 saturated carbocycles. The minimum Gasteiger partial charge on any atom is -0.497 e. The Morgan fingerprint density at radius 3 is 2.38 bits per heavy atom. The van der Waals surface area contributed by atoms with Crippen LogP contribution in [-0.2, 0) is 9.09 Å². The average Bonchev–Trinajstić information content (AvgIpc) is 2.61. The van der Waals surface area contributed by atoms with E-state index in [4.69, 9.17) is 14.5 Å². The molecule has 1 heterocycles. The molecule has 2 N–H and O–H groups in total. The number of halogens is 1. The van der Waals surface area contributed by atoms with Gasteiger partial charge in [-0.1, -0.05) is 24.3 Å². The lowest BCUT2D eigenvalue weighted by molar-refractivity contribution is -0.0204. The van der Waals surface area contributed by atoms with Crippen LogP contribution in [0, 0.1) is 0 Å². The summed E-state index contributed by atoms with van der Waals surface area (Å²) in [4.78, 5) is 30.5. The third kappa shape index (κ3) is 3.68. The van der Waals surface area contributed by atoms with Crippen LogP contribution in [0.2, 0.25) is 0 Å². The summed E-state index contributed by atoms with van der Waals surface area (Å²) in [6, 6.07) is 12.7. The van der Waals surface area contributed by atoms with Gasteiger partial charge in [-0.15, -0.1) is 0 Å². The Balaban J connectivity index is 2.22. The molecule has 136 valence electrons. The number of aromatic nitrogens is 1. The molecule has 3 aromatic rings. The van der Waals surface area contributed by atoms with Gasteiger partial charge in [0.1, 0.15) is 5.75 Å². The van der Waals surface area contributed by atoms with Gasteiger partial charge in [0, 0.05) is 17.1 Å². The van der Waals surface area contributed by atoms with E-state index in [1.807, 2.05) is 0 Å². The van der Waals surface area contributed by atoms with Crippen molar-refractivity contribution in [2.24, 2.45) is 0 Å². The Labute approximate surface area is 147 Å². The molecule has 0 fully saturated rings. The number of alkyl halides is 1. The molecule has 7 nitrogen and oxygen atoms in total. The number of pyridine rings is 1. The second kappa shape index (κ2) is 7.01. The van der Waals surface area contributed by atoms with Crippen LogP contribution in [0.4, 0.5) is 4.39 Å². The first-order valence-electron chi connectivity index (χ1n) is 7.46. The number of fused-ring (bicyclic) bond motifs is 1. The first kappa shape index (κ1) is 18.3. The van der Waals surface area contributed by atoms with Crippen LogP contribution < -0.4 is 10.2 Å². The normalized spacial score (nSPS) is 12.9. The molecule has 1 atom stereocenters. The minimum atomic E-state index is -5.07. The number of benzene rings is 2. The van der Waals surface area contributed by atoms with Crippen LogP contribution in [0.5, 0.6) is 5.75 Å². The van der Waals surface area contributed by atoms with E-state index in [9.17, 15) is 13.8 Å². The first-order chi connectivity index (χ1) is 12.3. The number of methoxy groups -OCH3 is 1. The zero-order chi connectivity index (χ0) is 18.9. The van der Waals surface area contributed by atoms with Crippen molar-refractivity contribution in [2.75, 3.05) is 7.11 Å². The SMILES string of the molecule is COc1ccc(-c2cn(C(F)OP(=O)(O)O)c3ccccc3c2=O)cc1. The molecule has 0 bridgehead atoms. The van der Waals surface area contributed by atoms with Crippen molar-refractivity contribution < 1.29 is 28.0 Å². The molecule has 0 aliphatic rings. The number of nitrogens with zero attached hydrogens (tertiary/aromatic N) is 1. The lowest BCUT2D eigenvalue weighted by atomic mass is 10.0. The summed E-state index contributed by atoms with van der Waals surface area (Å²) in [5, 5.41) is 0.192. The van der Waals surface area contributed by atoms with Crippen molar-refractivity contribution in [3.63, 3.8) is 0 Å². The zero-order valence-electron chi connectivity index (χ0n) is 13.6. The summed E-state index contributed by atoms with van der Waals surface area (Å²) >= 11 is 0. The van der Waals surface area contributed by atoms with E-state index in [-0.39, 0.29) is 21.9 Å². The van der Waals surface area contributed by atoms with Crippen molar-refractivity contribution in [2.45, 2.75) is 6.48 Å². The third-order valence-electron chi connectivity index (χ3n) is 3.78. The van der Waals surface area contributed by atoms with Crippen LogP contribution in [-0.4, -0.2) is 21.5 Å². The van der Waals surface area contributed by atoms with E-state index in [0.717, 1.165) is 4.57 Å². The Morgan fingerprint density at radius 2 is 1.77 bits per heavy atom. The van der Waals surface area contributed by atoms with Gasteiger partial charge in [0.25, 0.3) is 6.48 Å². The van der Waals surface area contributed by atoms with Crippen molar-refractivity contribution in [1.29, 1.82) is 0 Å². The molecule has 9 heteroatoms. The van der Waals surface area contributed by atoms with Crippen LogP contribution in [0.3, 0.4) is 0 Å². The number of hydrogen-bond donors (Lipinski definition) is 2. The fourth-order valence-electron chi connectivity index (χ4n) is 2.61. The topological polar surface area (TPSA) is 98.0 Å². The maximum atomic E-state index is 14.4. The zero-order valence-corrected chi connectivity index (χ0v) is 14.5. The summed E-state index contributed by atoms with van der Waals surface area (Å²) in [7, 11) is -3.56. The second-order valence-corrected chi connectivity index (χ2v) is 6.60. The van der Waals surface area contributed by atoms with Crippen LogP contribution in [0.15, 0.2) is 59.5 Å². The lowest BCUT2D eigenvalue weighted by Gasteiger charge is -2.18. The highest BCUT2D eigenvalue weighted by Gasteiger charge is 2.24. The number of rotatable bonds is 5. The Hall–Kier alpha value is -2.51. The summed E-state index contributed by atoms with van der Waals surface area (Å²) in [6.45, 7) is -2.47. The largest absolute Gasteiger partial charge is 0.497 e. The number of para-hydroxylation sites is 1. The lowest BCUT2D eigenvalue weighted by Crippen LogP contribution is -2.15. The molecule has 3 rings (SSSR count). The quantitative estimate of drug-likeness (QED) is 0.661. The number of ether oxygens (including phenoxy) is 1. The van der Waals surface area contributed by atoms with Crippen molar-refractivity contribution in [3.8, 4) is 16.9 Å². The molecular weight excluding hydrogens is 364 g/mol. The van der Waals surface area contributed by atoms with E-state index >= 15 is 0 Å². The predicted molar refractivity (Wildman–Crippen MR) is 93.5 cm³/mol. The van der Waals surface area contributed by atoms with E-state index < -0.39 is 14.3 Å². The van der Waals surface area contributed by atoms with Gasteiger partial charge in [0.2, 0.25) is 0 Å². The molecule has 26 heavy (non-hydrogen) atoms. The van der Waals surface area contributed by atoms with E-state index in [2.05, 4.69) is 4.52 Å². The van der Waals surface area contributed by atoms with Crippen LogP contribution in [0.25, 0.3) is 22.0 Å². The average molecular weight is 379 g/mol. The van der Waals surface area contributed by atoms with Gasteiger partial charge < -0.3 is 14.5 Å². The molecule has 0 spiro atoms. The van der Waals surface area contributed by atoms with E-state index in [0.29, 0.717) is 11.3 Å². The highest BCUT2D eigenvalue weighted by molar-refractivity contribution is 7.46. The van der Waals surface area contributed by atoms with Gasteiger partial charge in [0.05, 0.1) is 12.6 Å². The third-order valence-corrected chi connectivity index (χ3v) is 4.23. The molecule has 0 aliphatic heterocycles. The summed E-state index contributed by atoms with van der Waals surface area (Å²) in [5.74, 6) is 0.586. The molecule has 2 aromatic carbocycles. The number of phosphoric ester groups is 1. The minimum absolute atomic E-state index is 0.149. The van der Waals surface area contributed by atoms with Gasteiger partial charge >= 0.3 is 7.82 Å². The van der Waals surface area contributed by atoms with Crippen molar-refractivity contribution in [1.82, 2.24) is 4.57 Å². The van der Waals surface area contributed by atoms with Gasteiger partial charge in [0.15, 0.2) is 5.43 Å². The number of hydrogen-bond acceptors (Lipinski definition) is 4. The Bertz CT molecular complexity index is 1040. The van der Waals surface area contributed by atoms with Crippen LogP contribution >= 0.6 is 7.82 Å². The Morgan fingerprint density at radius 1 is 1.12 bits per heavy atom. The molecule has 0 aliphatic carbocycles. The van der Waals surface area contributed by atoms with Gasteiger partial charge in [-0.2, -0.15) is 4.39 Å². The standard InChI is InChI=1S/C17H15FNO6P/c1-24-12-8-6-11(7-9-12)14-10-19(17(18)25-26(21,22)23)15-5-3-2-4-13(15)16(14)20/h2-10,17H,1H3,(H2,21,22,23). The van der Waals surface area contributed by atoms with Gasteiger partial charge in [-0.3, -0.25) is 9.36 Å². The number of phosphoric acid groups is 1. The molecule has 0 saturated heterocycles. The summed E-state index contributed by atoms with van der Waals surface area (Å²) < 4.78 is 35.5. The van der Waals surface area contributed by atoms with Crippen molar-refractivity contribution >= 4 is 18.7 Å². The first-order valence-corrected chi connectivity index (χ1v) is 8.99. The monoisotopic (exact) mass is 379 g/mol. The van der Waals surface area contributed by atoms with Crippen molar-refractivity contribution in [3.05, 3.63) is 65.0 Å². The van der Waals surface area contributed by atoms with Gasteiger partial charge in [-0.25, -0.2) is 9.09 Å². The van der Waals surface area contributed by atoms with E-state index in [1.54, 1.807) is 36.4 Å². The summed E-state index contributed by atoms with van der Waals surface area (Å²) in [5.41, 5.74) is 0.461. The fourth-order valence-corrected chi connectivity index (χ4v) is 2.94. The highest BCUT2D eigenvalue weighted by atomic mass is 31.2. The second-order valence-electron chi connectivity index (χ2n) is 5.41. The molecular formula is C17H15FNO6P. The summed E-state index contributed by atoms with van der Waals surface area (Å²) in [6.07, 6.45) is 1.17. The molecule has 0 radical (unpaired) electrons. The maximum absolute atomic E-state index is 14.4. The van der Waals surface area contributed by atoms with Crippen LogP contribution in [0.1, 0.15) is 6.48 Å². The van der Waals surface area contributed by atoms with E-state index in [1.165, 1.54) is 25.4 Å². The maximum Gasteiger partial charge on any atom is 0.473 e.